The summed E-state index contributed by atoms with van der Waals surface area (Å²) in [4.78, 5) is 0. The van der Waals surface area contributed by atoms with E-state index in [0.29, 0.717) is 11.8 Å². The van der Waals surface area contributed by atoms with Crippen molar-refractivity contribution in [3.8, 4) is 5.75 Å². The van der Waals surface area contributed by atoms with Crippen LogP contribution in [0, 0.1) is 0 Å². The Balaban J connectivity index is 1.86. The molecule has 1 aliphatic heterocycles. The molecule has 1 fully saturated rings. The zero-order chi connectivity index (χ0) is 9.10. The van der Waals surface area contributed by atoms with Crippen LogP contribution < -0.4 is 5.32 Å². The molecule has 0 bridgehead atoms. The van der Waals surface area contributed by atoms with E-state index in [1.165, 1.54) is 11.5 Å². The van der Waals surface area contributed by atoms with Crippen LogP contribution in [-0.2, 0) is 6.54 Å². The Bertz CT molecular complexity index is 286. The van der Waals surface area contributed by atoms with Gasteiger partial charge in [0.25, 0.3) is 0 Å². The van der Waals surface area contributed by atoms with Crippen LogP contribution in [0.15, 0.2) is 24.3 Å². The van der Waals surface area contributed by atoms with Crippen LogP contribution in [0.2, 0.25) is 0 Å². The van der Waals surface area contributed by atoms with E-state index in [-0.39, 0.29) is 0 Å². The van der Waals surface area contributed by atoms with Gasteiger partial charge in [-0.2, -0.15) is 11.8 Å². The Morgan fingerprint density at radius 2 is 2.31 bits per heavy atom. The van der Waals surface area contributed by atoms with Gasteiger partial charge in [0.05, 0.1) is 0 Å². The van der Waals surface area contributed by atoms with E-state index in [1.54, 1.807) is 12.1 Å². The average molecular weight is 195 g/mol. The van der Waals surface area contributed by atoms with E-state index >= 15 is 0 Å². The summed E-state index contributed by atoms with van der Waals surface area (Å²) >= 11 is 1.97. The van der Waals surface area contributed by atoms with Gasteiger partial charge >= 0.3 is 0 Å². The van der Waals surface area contributed by atoms with Gasteiger partial charge in [-0.25, -0.2) is 0 Å². The number of thioether (sulfide) groups is 1. The highest BCUT2D eigenvalue weighted by atomic mass is 32.2. The van der Waals surface area contributed by atoms with E-state index in [9.17, 15) is 5.11 Å². The van der Waals surface area contributed by atoms with Gasteiger partial charge in [0.15, 0.2) is 0 Å². The molecule has 0 aromatic heterocycles. The summed E-state index contributed by atoms with van der Waals surface area (Å²) in [7, 11) is 0. The summed E-state index contributed by atoms with van der Waals surface area (Å²) in [5, 5.41) is 12.6. The molecule has 1 heterocycles. The van der Waals surface area contributed by atoms with Gasteiger partial charge < -0.3 is 10.4 Å². The smallest absolute Gasteiger partial charge is 0.115 e. The van der Waals surface area contributed by atoms with Crippen molar-refractivity contribution in [1.82, 2.24) is 5.32 Å². The Hall–Kier alpha value is -0.670. The third-order valence-corrected chi connectivity index (χ3v) is 3.42. The number of nitrogens with one attached hydrogen (secondary N) is 1. The second-order valence-electron chi connectivity index (χ2n) is 3.29. The van der Waals surface area contributed by atoms with E-state index < -0.39 is 0 Å². The molecule has 2 rings (SSSR count). The topological polar surface area (TPSA) is 32.3 Å². The molecule has 70 valence electrons. The Morgan fingerprint density at radius 3 is 2.92 bits per heavy atom. The summed E-state index contributed by atoms with van der Waals surface area (Å²) in [5.41, 5.74) is 1.15. The Morgan fingerprint density at radius 1 is 1.46 bits per heavy atom. The maximum atomic E-state index is 9.22. The molecule has 0 aliphatic carbocycles. The number of rotatable bonds is 3. The zero-order valence-corrected chi connectivity index (χ0v) is 8.18. The van der Waals surface area contributed by atoms with Gasteiger partial charge in [-0.1, -0.05) is 12.1 Å². The van der Waals surface area contributed by atoms with Gasteiger partial charge in [-0.05, 0) is 17.7 Å². The summed E-state index contributed by atoms with van der Waals surface area (Å²) < 4.78 is 0. The number of hydrogen-bond donors (Lipinski definition) is 2. The molecule has 1 aliphatic rings. The largest absolute Gasteiger partial charge is 0.508 e. The first-order chi connectivity index (χ1) is 6.34. The molecule has 0 unspecified atom stereocenters. The molecule has 0 radical (unpaired) electrons. The van der Waals surface area contributed by atoms with Gasteiger partial charge in [0.1, 0.15) is 5.75 Å². The first kappa shape index (κ1) is 8.91. The predicted octanol–water partition coefficient (Wildman–Crippen LogP) is 1.60. The molecule has 2 nitrogen and oxygen atoms in total. The Kier molecular flexibility index (Phi) is 2.76. The van der Waals surface area contributed by atoms with E-state index in [2.05, 4.69) is 5.32 Å². The molecule has 2 N–H and O–H groups in total. The molecule has 0 spiro atoms. The highest BCUT2D eigenvalue weighted by Crippen LogP contribution is 2.18. The lowest BCUT2D eigenvalue weighted by molar-refractivity contribution is 0.473. The minimum Gasteiger partial charge on any atom is -0.508 e. The molecule has 0 atom stereocenters. The van der Waals surface area contributed by atoms with Crippen molar-refractivity contribution in [2.24, 2.45) is 0 Å². The highest BCUT2D eigenvalue weighted by molar-refractivity contribution is 8.00. The van der Waals surface area contributed by atoms with Crippen LogP contribution in [0.3, 0.4) is 0 Å². The van der Waals surface area contributed by atoms with Crippen molar-refractivity contribution < 1.29 is 5.11 Å². The van der Waals surface area contributed by atoms with Crippen molar-refractivity contribution >= 4 is 11.8 Å². The van der Waals surface area contributed by atoms with Crippen molar-refractivity contribution in [1.29, 1.82) is 0 Å². The predicted molar refractivity (Wildman–Crippen MR) is 56.1 cm³/mol. The van der Waals surface area contributed by atoms with E-state index in [0.717, 1.165) is 12.1 Å². The second-order valence-corrected chi connectivity index (χ2v) is 4.36. The van der Waals surface area contributed by atoms with Crippen molar-refractivity contribution in [3.05, 3.63) is 29.8 Å². The zero-order valence-electron chi connectivity index (χ0n) is 7.36. The summed E-state index contributed by atoms with van der Waals surface area (Å²) in [6.45, 7) is 0.861. The lowest BCUT2D eigenvalue weighted by Gasteiger charge is -2.26. The monoisotopic (exact) mass is 195 g/mol. The fraction of sp³-hybridized carbons (Fsp3) is 0.400. The lowest BCUT2D eigenvalue weighted by atomic mass is 10.2. The molecular formula is C10H13NOS. The summed E-state index contributed by atoms with van der Waals surface area (Å²) in [5.74, 6) is 2.79. The second kappa shape index (κ2) is 4.03. The first-order valence-corrected chi connectivity index (χ1v) is 5.59. The first-order valence-electron chi connectivity index (χ1n) is 4.43. The van der Waals surface area contributed by atoms with Crippen LogP contribution in [0.25, 0.3) is 0 Å². The normalized spacial score (nSPS) is 16.9. The SMILES string of the molecule is Oc1cccc(CNC2CSC2)c1. The van der Waals surface area contributed by atoms with Crippen molar-refractivity contribution in [2.45, 2.75) is 12.6 Å². The third-order valence-electron chi connectivity index (χ3n) is 2.14. The minimum atomic E-state index is 0.349. The van der Waals surface area contributed by atoms with Crippen LogP contribution >= 0.6 is 11.8 Å². The van der Waals surface area contributed by atoms with Gasteiger partial charge in [0, 0.05) is 24.1 Å². The van der Waals surface area contributed by atoms with Crippen LogP contribution in [0.4, 0.5) is 0 Å². The number of aromatic hydroxyl groups is 1. The van der Waals surface area contributed by atoms with E-state index in [1.807, 2.05) is 23.9 Å². The molecule has 1 aromatic rings. The lowest BCUT2D eigenvalue weighted by Crippen LogP contribution is -2.39. The van der Waals surface area contributed by atoms with Gasteiger partial charge in [-0.3, -0.25) is 0 Å². The number of benzene rings is 1. The van der Waals surface area contributed by atoms with E-state index in [4.69, 9.17) is 0 Å². The maximum Gasteiger partial charge on any atom is 0.115 e. The Labute approximate surface area is 82.4 Å². The molecule has 1 saturated heterocycles. The molecule has 1 aromatic carbocycles. The molecule has 0 saturated carbocycles. The molecule has 13 heavy (non-hydrogen) atoms. The standard InChI is InChI=1S/C10H13NOS/c12-10-3-1-2-8(4-10)5-11-9-6-13-7-9/h1-4,9,11-12H,5-7H2. The van der Waals surface area contributed by atoms with Crippen LogP contribution in [0.5, 0.6) is 5.75 Å². The number of phenolic OH excluding ortho intramolecular Hbond substituents is 1. The quantitative estimate of drug-likeness (QED) is 0.768. The van der Waals surface area contributed by atoms with Crippen LogP contribution in [-0.4, -0.2) is 22.7 Å². The van der Waals surface area contributed by atoms with Crippen molar-refractivity contribution in [3.63, 3.8) is 0 Å². The average Bonchev–Trinajstić information content (AvgIpc) is 2.01. The van der Waals surface area contributed by atoms with Crippen molar-refractivity contribution in [2.75, 3.05) is 11.5 Å². The highest BCUT2D eigenvalue weighted by Gasteiger charge is 2.16. The fourth-order valence-corrected chi connectivity index (χ4v) is 1.99. The molecule has 0 amide bonds. The van der Waals surface area contributed by atoms with Gasteiger partial charge in [-0.15, -0.1) is 0 Å². The molecule has 3 heteroatoms. The number of phenols is 1. The third kappa shape index (κ3) is 2.39. The van der Waals surface area contributed by atoms with Crippen LogP contribution in [0.1, 0.15) is 5.56 Å². The maximum absolute atomic E-state index is 9.22. The minimum absolute atomic E-state index is 0.349. The number of hydrogen-bond acceptors (Lipinski definition) is 3. The summed E-state index contributed by atoms with van der Waals surface area (Å²) in [6, 6.07) is 8.08. The fourth-order valence-electron chi connectivity index (χ4n) is 1.28. The summed E-state index contributed by atoms with van der Waals surface area (Å²) in [6.07, 6.45) is 0. The molecular weight excluding hydrogens is 182 g/mol. The van der Waals surface area contributed by atoms with Gasteiger partial charge in [0.2, 0.25) is 0 Å².